The number of carbonyl (C=O) groups is 1. The first kappa shape index (κ1) is 13.6. The highest BCUT2D eigenvalue weighted by Crippen LogP contribution is 2.46. The van der Waals surface area contributed by atoms with Crippen LogP contribution in [-0.2, 0) is 16.0 Å². The van der Waals surface area contributed by atoms with E-state index < -0.39 is 0 Å². The molecule has 18 heavy (non-hydrogen) atoms. The van der Waals surface area contributed by atoms with E-state index in [4.69, 9.17) is 4.74 Å². The maximum atomic E-state index is 11.4. The monoisotopic (exact) mass is 266 g/mol. The lowest BCUT2D eigenvalue weighted by Gasteiger charge is -2.08. The van der Waals surface area contributed by atoms with E-state index in [1.54, 1.807) is 0 Å². The van der Waals surface area contributed by atoms with Crippen molar-refractivity contribution in [3.8, 4) is 0 Å². The zero-order chi connectivity index (χ0) is 13.1. The summed E-state index contributed by atoms with van der Waals surface area (Å²) in [7, 11) is 1.48. The number of hydrogen-bond donors (Lipinski definition) is 0. The molecule has 0 aliphatic heterocycles. The number of esters is 1. The first-order chi connectivity index (χ1) is 8.65. The van der Waals surface area contributed by atoms with Crippen molar-refractivity contribution >= 4 is 17.3 Å². The van der Waals surface area contributed by atoms with Gasteiger partial charge in [-0.15, -0.1) is 11.3 Å². The Morgan fingerprint density at radius 1 is 1.56 bits per heavy atom. The Bertz CT molecular complexity index is 410. The van der Waals surface area contributed by atoms with Gasteiger partial charge in [0, 0.05) is 9.75 Å². The van der Waals surface area contributed by atoms with Crippen LogP contribution in [0.2, 0.25) is 0 Å². The number of carbonyl (C=O) groups excluding carboxylic acids is 1. The molecule has 0 radical (unpaired) electrons. The number of aryl methyl sites for hydroxylation is 1. The summed E-state index contributed by atoms with van der Waals surface area (Å²) in [4.78, 5) is 14.3. The fraction of sp³-hybridized carbons (Fsp3) is 0.667. The molecular weight excluding hydrogens is 244 g/mol. The van der Waals surface area contributed by atoms with Gasteiger partial charge in [0.05, 0.1) is 13.0 Å². The molecule has 1 heterocycles. The fourth-order valence-corrected chi connectivity index (χ4v) is 3.74. The van der Waals surface area contributed by atoms with Gasteiger partial charge in [0.25, 0.3) is 0 Å². The van der Waals surface area contributed by atoms with Crippen LogP contribution in [0.3, 0.4) is 0 Å². The van der Waals surface area contributed by atoms with Crippen molar-refractivity contribution in [2.45, 2.75) is 45.4 Å². The van der Waals surface area contributed by atoms with Crippen LogP contribution in [0.15, 0.2) is 12.1 Å². The molecule has 2 rings (SSSR count). The molecule has 0 amide bonds. The van der Waals surface area contributed by atoms with Crippen LogP contribution < -0.4 is 0 Å². The van der Waals surface area contributed by atoms with Crippen LogP contribution in [0.1, 0.15) is 48.8 Å². The molecule has 0 aromatic carbocycles. The van der Waals surface area contributed by atoms with Gasteiger partial charge in [-0.2, -0.15) is 0 Å². The summed E-state index contributed by atoms with van der Waals surface area (Å²) in [6.07, 6.45) is 4.53. The van der Waals surface area contributed by atoms with E-state index in [0.717, 1.165) is 12.8 Å². The molecule has 3 heteroatoms. The minimum atomic E-state index is -0.0231. The predicted octanol–water partition coefficient (Wildman–Crippen LogP) is 4.00. The molecule has 1 aromatic rings. The molecule has 0 N–H and O–H groups in total. The van der Waals surface area contributed by atoms with Crippen molar-refractivity contribution in [1.29, 1.82) is 0 Å². The van der Waals surface area contributed by atoms with Gasteiger partial charge in [0.2, 0.25) is 0 Å². The van der Waals surface area contributed by atoms with E-state index in [9.17, 15) is 4.79 Å². The highest BCUT2D eigenvalue weighted by atomic mass is 32.1. The van der Waals surface area contributed by atoms with Crippen LogP contribution in [-0.4, -0.2) is 13.1 Å². The molecule has 3 unspecified atom stereocenters. The standard InChI is InChI=1S/C15H22O2S/c1-4-5-12-6-7-14(18-12)10(2)8-11-9-13(11)15(16)17-3/h6-7,10-11,13H,4-5,8-9H2,1-3H3. The van der Waals surface area contributed by atoms with E-state index in [1.165, 1.54) is 29.7 Å². The second-order valence-corrected chi connectivity index (χ2v) is 6.52. The molecule has 1 aromatic heterocycles. The number of methoxy groups -OCH3 is 1. The van der Waals surface area contributed by atoms with Gasteiger partial charge in [-0.05, 0) is 43.2 Å². The normalized spacial score (nSPS) is 23.7. The van der Waals surface area contributed by atoms with Crippen molar-refractivity contribution in [3.63, 3.8) is 0 Å². The molecule has 2 nitrogen and oxygen atoms in total. The largest absolute Gasteiger partial charge is 0.469 e. The third-order valence-corrected chi connectivity index (χ3v) is 5.12. The van der Waals surface area contributed by atoms with Crippen molar-refractivity contribution in [1.82, 2.24) is 0 Å². The van der Waals surface area contributed by atoms with Crippen LogP contribution in [0.25, 0.3) is 0 Å². The van der Waals surface area contributed by atoms with Crippen LogP contribution in [0.5, 0.6) is 0 Å². The van der Waals surface area contributed by atoms with E-state index >= 15 is 0 Å². The lowest BCUT2D eigenvalue weighted by molar-refractivity contribution is -0.142. The van der Waals surface area contributed by atoms with Gasteiger partial charge in [0.15, 0.2) is 0 Å². The molecular formula is C15H22O2S. The average molecular weight is 266 g/mol. The van der Waals surface area contributed by atoms with Crippen molar-refractivity contribution < 1.29 is 9.53 Å². The van der Waals surface area contributed by atoms with E-state index in [0.29, 0.717) is 11.8 Å². The summed E-state index contributed by atoms with van der Waals surface area (Å²) < 4.78 is 4.79. The van der Waals surface area contributed by atoms with Crippen molar-refractivity contribution in [2.24, 2.45) is 11.8 Å². The van der Waals surface area contributed by atoms with Crippen LogP contribution in [0.4, 0.5) is 0 Å². The Morgan fingerprint density at radius 2 is 2.33 bits per heavy atom. The third-order valence-electron chi connectivity index (χ3n) is 3.75. The fourth-order valence-electron chi connectivity index (χ4n) is 2.56. The Balaban J connectivity index is 1.85. The summed E-state index contributed by atoms with van der Waals surface area (Å²) in [6.45, 7) is 4.49. The van der Waals surface area contributed by atoms with Gasteiger partial charge in [-0.3, -0.25) is 4.79 Å². The summed E-state index contributed by atoms with van der Waals surface area (Å²) in [5.41, 5.74) is 0. The summed E-state index contributed by atoms with van der Waals surface area (Å²) in [5.74, 6) is 1.27. The van der Waals surface area contributed by atoms with Crippen LogP contribution >= 0.6 is 11.3 Å². The van der Waals surface area contributed by atoms with E-state index in [1.807, 2.05) is 11.3 Å². The minimum absolute atomic E-state index is 0.0231. The molecule has 3 atom stereocenters. The Morgan fingerprint density at radius 3 is 3.00 bits per heavy atom. The Kier molecular flexibility index (Phi) is 4.44. The number of rotatable bonds is 6. The molecule has 0 bridgehead atoms. The SMILES string of the molecule is CCCc1ccc(C(C)CC2CC2C(=O)OC)s1. The molecule has 1 fully saturated rings. The molecule has 100 valence electrons. The van der Waals surface area contributed by atoms with Crippen molar-refractivity contribution in [3.05, 3.63) is 21.9 Å². The van der Waals surface area contributed by atoms with E-state index in [2.05, 4.69) is 26.0 Å². The molecule has 1 aliphatic rings. The van der Waals surface area contributed by atoms with Gasteiger partial charge < -0.3 is 4.74 Å². The Labute approximate surface area is 113 Å². The smallest absolute Gasteiger partial charge is 0.308 e. The maximum absolute atomic E-state index is 11.4. The summed E-state index contributed by atoms with van der Waals surface area (Å²) in [6, 6.07) is 4.51. The first-order valence-corrected chi connectivity index (χ1v) is 7.63. The average Bonchev–Trinajstić information content (AvgIpc) is 2.96. The lowest BCUT2D eigenvalue weighted by Crippen LogP contribution is -2.05. The second-order valence-electron chi connectivity index (χ2n) is 5.32. The Hall–Kier alpha value is -0.830. The van der Waals surface area contributed by atoms with E-state index in [-0.39, 0.29) is 11.9 Å². The summed E-state index contributed by atoms with van der Waals surface area (Å²) >= 11 is 1.93. The third kappa shape index (κ3) is 3.14. The van der Waals surface area contributed by atoms with Crippen LogP contribution in [0, 0.1) is 11.8 Å². The topological polar surface area (TPSA) is 26.3 Å². The quantitative estimate of drug-likeness (QED) is 0.727. The molecule has 1 aliphatic carbocycles. The highest BCUT2D eigenvalue weighted by Gasteiger charge is 2.44. The van der Waals surface area contributed by atoms with Gasteiger partial charge in [-0.25, -0.2) is 0 Å². The predicted molar refractivity (Wildman–Crippen MR) is 75.0 cm³/mol. The zero-order valence-electron chi connectivity index (χ0n) is 11.4. The minimum Gasteiger partial charge on any atom is -0.469 e. The second kappa shape index (κ2) is 5.87. The highest BCUT2D eigenvalue weighted by molar-refractivity contribution is 7.12. The zero-order valence-corrected chi connectivity index (χ0v) is 12.3. The van der Waals surface area contributed by atoms with Gasteiger partial charge in [0.1, 0.15) is 0 Å². The van der Waals surface area contributed by atoms with Gasteiger partial charge >= 0.3 is 5.97 Å². The molecule has 0 saturated heterocycles. The molecule has 1 saturated carbocycles. The number of thiophene rings is 1. The van der Waals surface area contributed by atoms with Crippen molar-refractivity contribution in [2.75, 3.05) is 7.11 Å². The van der Waals surface area contributed by atoms with Gasteiger partial charge in [-0.1, -0.05) is 20.3 Å². The lowest BCUT2D eigenvalue weighted by atomic mass is 10.0. The first-order valence-electron chi connectivity index (χ1n) is 6.82. The maximum Gasteiger partial charge on any atom is 0.308 e. The molecule has 0 spiro atoms. The number of hydrogen-bond acceptors (Lipinski definition) is 3. The number of ether oxygens (including phenoxy) is 1. The summed E-state index contributed by atoms with van der Waals surface area (Å²) in [5, 5.41) is 0.